The van der Waals surface area contributed by atoms with Crippen LogP contribution in [0.15, 0.2) is 59.5 Å². The smallest absolute Gasteiger partial charge is 0.263 e. The predicted octanol–water partition coefficient (Wildman–Crippen LogP) is 2.61. The minimum Gasteiger partial charge on any atom is -0.454 e. The van der Waals surface area contributed by atoms with E-state index in [4.69, 9.17) is 9.47 Å². The van der Waals surface area contributed by atoms with Crippen LogP contribution in [0.1, 0.15) is 0 Å². The van der Waals surface area contributed by atoms with Gasteiger partial charge < -0.3 is 9.47 Å². The van der Waals surface area contributed by atoms with E-state index in [1.807, 2.05) is 30.3 Å². The Kier molecular flexibility index (Phi) is 3.39. The SMILES string of the molecule is O=S(=O)(Nc1cc(-c2ccccc2)[nH]n1)c1ccc2c(c1)OCO2. The molecule has 0 unspecified atom stereocenters. The number of ether oxygens (including phenoxy) is 2. The lowest BCUT2D eigenvalue weighted by molar-refractivity contribution is 0.174. The van der Waals surface area contributed by atoms with Gasteiger partial charge in [0.2, 0.25) is 6.79 Å². The van der Waals surface area contributed by atoms with E-state index in [-0.39, 0.29) is 17.5 Å². The highest BCUT2D eigenvalue weighted by atomic mass is 32.2. The van der Waals surface area contributed by atoms with E-state index in [2.05, 4.69) is 14.9 Å². The van der Waals surface area contributed by atoms with Crippen molar-refractivity contribution in [1.82, 2.24) is 10.2 Å². The van der Waals surface area contributed by atoms with Gasteiger partial charge in [-0.15, -0.1) is 0 Å². The van der Waals surface area contributed by atoms with Crippen LogP contribution in [0, 0.1) is 0 Å². The monoisotopic (exact) mass is 343 g/mol. The number of hydrogen-bond acceptors (Lipinski definition) is 5. The van der Waals surface area contributed by atoms with Gasteiger partial charge in [-0.3, -0.25) is 9.82 Å². The van der Waals surface area contributed by atoms with Gasteiger partial charge in [-0.25, -0.2) is 8.42 Å². The maximum absolute atomic E-state index is 12.5. The lowest BCUT2D eigenvalue weighted by Crippen LogP contribution is -2.13. The van der Waals surface area contributed by atoms with Gasteiger partial charge in [0.25, 0.3) is 10.0 Å². The first-order valence-corrected chi connectivity index (χ1v) is 8.63. The van der Waals surface area contributed by atoms with Crippen LogP contribution in [0.3, 0.4) is 0 Å². The van der Waals surface area contributed by atoms with Crippen molar-refractivity contribution in [2.75, 3.05) is 11.5 Å². The Labute approximate surface area is 138 Å². The molecular weight excluding hydrogens is 330 g/mol. The number of nitrogens with one attached hydrogen (secondary N) is 2. The fourth-order valence-corrected chi connectivity index (χ4v) is 3.39. The number of benzene rings is 2. The van der Waals surface area contributed by atoms with E-state index in [0.717, 1.165) is 11.3 Å². The van der Waals surface area contributed by atoms with Crippen LogP contribution < -0.4 is 14.2 Å². The van der Waals surface area contributed by atoms with Crippen molar-refractivity contribution >= 4 is 15.8 Å². The molecule has 2 aromatic carbocycles. The number of H-pyrrole nitrogens is 1. The fourth-order valence-electron chi connectivity index (χ4n) is 2.38. The standard InChI is InChI=1S/C16H13N3O4S/c20-24(21,12-6-7-14-15(8-12)23-10-22-14)19-16-9-13(17-18-16)11-4-2-1-3-5-11/h1-9H,10H2,(H2,17,18,19). The van der Waals surface area contributed by atoms with Gasteiger partial charge in [0, 0.05) is 12.1 Å². The molecule has 0 radical (unpaired) electrons. The van der Waals surface area contributed by atoms with Crippen LogP contribution in [0.4, 0.5) is 5.82 Å². The molecule has 4 rings (SSSR count). The normalized spacial score (nSPS) is 13.0. The highest BCUT2D eigenvalue weighted by Gasteiger charge is 2.21. The van der Waals surface area contributed by atoms with E-state index < -0.39 is 10.0 Å². The Morgan fingerprint density at radius 1 is 1.00 bits per heavy atom. The Hall–Kier alpha value is -3.00. The number of anilines is 1. The second kappa shape index (κ2) is 5.57. The number of nitrogens with zero attached hydrogens (tertiary/aromatic N) is 1. The molecule has 1 aliphatic heterocycles. The van der Waals surface area contributed by atoms with Crippen molar-refractivity contribution in [3.05, 3.63) is 54.6 Å². The van der Waals surface area contributed by atoms with Crippen LogP contribution in [0.5, 0.6) is 11.5 Å². The van der Waals surface area contributed by atoms with Gasteiger partial charge >= 0.3 is 0 Å². The minimum atomic E-state index is -3.77. The van der Waals surface area contributed by atoms with Gasteiger partial charge in [0.15, 0.2) is 17.3 Å². The maximum Gasteiger partial charge on any atom is 0.263 e. The molecule has 122 valence electrons. The van der Waals surface area contributed by atoms with Crippen LogP contribution in [0.2, 0.25) is 0 Å². The molecular formula is C16H13N3O4S. The predicted molar refractivity (Wildman–Crippen MR) is 87.4 cm³/mol. The second-order valence-electron chi connectivity index (χ2n) is 5.15. The van der Waals surface area contributed by atoms with Gasteiger partial charge in [-0.1, -0.05) is 30.3 Å². The molecule has 2 heterocycles. The molecule has 0 saturated carbocycles. The third-order valence-corrected chi connectivity index (χ3v) is 4.91. The maximum atomic E-state index is 12.5. The van der Waals surface area contributed by atoms with Crippen LogP contribution in [-0.2, 0) is 10.0 Å². The topological polar surface area (TPSA) is 93.3 Å². The summed E-state index contributed by atoms with van der Waals surface area (Å²) in [7, 11) is -3.77. The van der Waals surface area contributed by atoms with Crippen molar-refractivity contribution in [3.8, 4) is 22.8 Å². The van der Waals surface area contributed by atoms with Crippen LogP contribution >= 0.6 is 0 Å². The zero-order chi connectivity index (χ0) is 16.6. The molecule has 0 amide bonds. The zero-order valence-electron chi connectivity index (χ0n) is 12.4. The average molecular weight is 343 g/mol. The fraction of sp³-hybridized carbons (Fsp3) is 0.0625. The highest BCUT2D eigenvalue weighted by molar-refractivity contribution is 7.92. The number of aromatic nitrogens is 2. The van der Waals surface area contributed by atoms with E-state index in [0.29, 0.717) is 11.5 Å². The van der Waals surface area contributed by atoms with Crippen LogP contribution in [0.25, 0.3) is 11.3 Å². The Morgan fingerprint density at radius 3 is 2.62 bits per heavy atom. The molecule has 0 bridgehead atoms. The number of rotatable bonds is 4. The molecule has 7 nitrogen and oxygen atoms in total. The lowest BCUT2D eigenvalue weighted by atomic mass is 10.2. The Bertz CT molecular complexity index is 984. The first kappa shape index (κ1) is 14.6. The quantitative estimate of drug-likeness (QED) is 0.759. The third-order valence-electron chi connectivity index (χ3n) is 3.56. The Balaban J connectivity index is 1.59. The molecule has 0 fully saturated rings. The van der Waals surface area contributed by atoms with Crippen molar-refractivity contribution in [3.63, 3.8) is 0 Å². The first-order chi connectivity index (χ1) is 11.6. The summed E-state index contributed by atoms with van der Waals surface area (Å²) in [6, 6.07) is 15.6. The summed E-state index contributed by atoms with van der Waals surface area (Å²) in [5.74, 6) is 1.15. The van der Waals surface area contributed by atoms with Crippen LogP contribution in [-0.4, -0.2) is 25.4 Å². The molecule has 0 spiro atoms. The molecule has 2 N–H and O–H groups in total. The minimum absolute atomic E-state index is 0.0796. The summed E-state index contributed by atoms with van der Waals surface area (Å²) in [5, 5.41) is 6.82. The summed E-state index contributed by atoms with van der Waals surface area (Å²) < 4.78 is 37.8. The molecule has 0 atom stereocenters. The summed E-state index contributed by atoms with van der Waals surface area (Å²) in [4.78, 5) is 0.0796. The number of sulfonamides is 1. The van der Waals surface area contributed by atoms with E-state index in [9.17, 15) is 8.42 Å². The molecule has 1 aromatic heterocycles. The summed E-state index contributed by atoms with van der Waals surface area (Å²) in [5.41, 5.74) is 1.64. The summed E-state index contributed by atoms with van der Waals surface area (Å²) in [6.45, 7) is 0.0893. The average Bonchev–Trinajstić information content (AvgIpc) is 3.23. The van der Waals surface area contributed by atoms with Crippen molar-refractivity contribution < 1.29 is 17.9 Å². The summed E-state index contributed by atoms with van der Waals surface area (Å²) in [6.07, 6.45) is 0. The van der Waals surface area contributed by atoms with E-state index >= 15 is 0 Å². The van der Waals surface area contributed by atoms with Crippen molar-refractivity contribution in [1.29, 1.82) is 0 Å². The van der Waals surface area contributed by atoms with Crippen molar-refractivity contribution in [2.24, 2.45) is 0 Å². The van der Waals surface area contributed by atoms with Gasteiger partial charge in [-0.2, -0.15) is 5.10 Å². The van der Waals surface area contributed by atoms with Gasteiger partial charge in [0.1, 0.15) is 0 Å². The molecule has 0 saturated heterocycles. The van der Waals surface area contributed by atoms with E-state index in [1.165, 1.54) is 12.1 Å². The van der Waals surface area contributed by atoms with Crippen molar-refractivity contribution in [2.45, 2.75) is 4.90 Å². The lowest BCUT2D eigenvalue weighted by Gasteiger charge is -2.06. The first-order valence-electron chi connectivity index (χ1n) is 7.15. The molecule has 1 aliphatic rings. The van der Waals surface area contributed by atoms with Gasteiger partial charge in [0.05, 0.1) is 10.6 Å². The van der Waals surface area contributed by atoms with E-state index in [1.54, 1.807) is 12.1 Å². The zero-order valence-corrected chi connectivity index (χ0v) is 13.2. The molecule has 0 aliphatic carbocycles. The third kappa shape index (κ3) is 2.67. The summed E-state index contributed by atoms with van der Waals surface area (Å²) >= 11 is 0. The number of fused-ring (bicyclic) bond motifs is 1. The second-order valence-corrected chi connectivity index (χ2v) is 6.84. The highest BCUT2D eigenvalue weighted by Crippen LogP contribution is 2.34. The molecule has 24 heavy (non-hydrogen) atoms. The Morgan fingerprint density at radius 2 is 1.79 bits per heavy atom. The molecule has 3 aromatic rings. The largest absolute Gasteiger partial charge is 0.454 e. The number of hydrogen-bond donors (Lipinski definition) is 2. The number of aromatic amines is 1. The molecule has 8 heteroatoms. The van der Waals surface area contributed by atoms with Gasteiger partial charge in [-0.05, 0) is 17.7 Å².